The maximum absolute atomic E-state index is 13.7. The third-order valence-electron chi connectivity index (χ3n) is 4.99. The van der Waals surface area contributed by atoms with Crippen molar-refractivity contribution in [3.8, 4) is 0 Å². The van der Waals surface area contributed by atoms with Gasteiger partial charge < -0.3 is 10.2 Å². The highest BCUT2D eigenvalue weighted by molar-refractivity contribution is 5.92. The number of carbonyl (C=O) groups is 1. The second kappa shape index (κ2) is 6.78. The van der Waals surface area contributed by atoms with Crippen LogP contribution in [-0.2, 0) is 4.79 Å². The molecule has 1 aromatic carbocycles. The third kappa shape index (κ3) is 3.62. The summed E-state index contributed by atoms with van der Waals surface area (Å²) in [4.78, 5) is 23.3. The lowest BCUT2D eigenvalue weighted by molar-refractivity contribution is -0.120. The van der Waals surface area contributed by atoms with Gasteiger partial charge in [0.15, 0.2) is 0 Å². The lowest BCUT2D eigenvalue weighted by atomic mass is 9.95. The molecule has 1 aliphatic heterocycles. The largest absolute Gasteiger partial charge is 0.356 e. The minimum absolute atomic E-state index is 0.0967. The van der Waals surface area contributed by atoms with Gasteiger partial charge in [0, 0.05) is 36.7 Å². The smallest absolute Gasteiger partial charge is 0.227 e. The molecular weight excluding hydrogens is 319 g/mol. The highest BCUT2D eigenvalue weighted by atomic mass is 19.1. The van der Waals surface area contributed by atoms with Gasteiger partial charge in [-0.05, 0) is 37.8 Å². The van der Waals surface area contributed by atoms with Crippen LogP contribution >= 0.6 is 0 Å². The standard InChI is InChI=1S/C19H21FN4O/c20-15-3-1-2-4-16(15)23-19(25)14-7-9-24(10-8-14)18-11-17(13-5-6-13)21-12-22-18/h1-4,11-14H,5-10H2,(H,23,25). The Kier molecular flexibility index (Phi) is 4.34. The molecule has 6 heteroatoms. The molecular formula is C19H21FN4O. The molecule has 1 amide bonds. The van der Waals surface area contributed by atoms with Crippen molar-refractivity contribution in [3.63, 3.8) is 0 Å². The molecule has 25 heavy (non-hydrogen) atoms. The Morgan fingerprint density at radius 1 is 1.12 bits per heavy atom. The van der Waals surface area contributed by atoms with Crippen LogP contribution in [0, 0.1) is 11.7 Å². The van der Waals surface area contributed by atoms with Crippen molar-refractivity contribution in [1.29, 1.82) is 0 Å². The van der Waals surface area contributed by atoms with Crippen molar-refractivity contribution in [3.05, 3.63) is 48.2 Å². The van der Waals surface area contributed by atoms with E-state index in [0.29, 0.717) is 5.92 Å². The number of nitrogens with one attached hydrogen (secondary N) is 1. The van der Waals surface area contributed by atoms with E-state index in [1.807, 2.05) is 0 Å². The van der Waals surface area contributed by atoms with Crippen molar-refractivity contribution in [2.45, 2.75) is 31.6 Å². The second-order valence-corrected chi connectivity index (χ2v) is 6.81. The Hall–Kier alpha value is -2.50. The first-order valence-corrected chi connectivity index (χ1v) is 8.83. The maximum atomic E-state index is 13.7. The number of hydrogen-bond acceptors (Lipinski definition) is 4. The van der Waals surface area contributed by atoms with Gasteiger partial charge in [-0.15, -0.1) is 0 Å². The molecule has 2 aromatic rings. The fourth-order valence-corrected chi connectivity index (χ4v) is 3.30. The summed E-state index contributed by atoms with van der Waals surface area (Å²) in [7, 11) is 0. The molecule has 4 rings (SSSR count). The molecule has 0 spiro atoms. The fraction of sp³-hybridized carbons (Fsp3) is 0.421. The van der Waals surface area contributed by atoms with E-state index >= 15 is 0 Å². The molecule has 130 valence electrons. The van der Waals surface area contributed by atoms with Crippen LogP contribution in [0.1, 0.15) is 37.3 Å². The van der Waals surface area contributed by atoms with Gasteiger partial charge >= 0.3 is 0 Å². The zero-order valence-corrected chi connectivity index (χ0v) is 14.0. The average Bonchev–Trinajstić information content (AvgIpc) is 3.49. The minimum Gasteiger partial charge on any atom is -0.356 e. The van der Waals surface area contributed by atoms with Gasteiger partial charge in [0.2, 0.25) is 5.91 Å². The Labute approximate surface area is 146 Å². The van der Waals surface area contributed by atoms with E-state index < -0.39 is 5.82 Å². The van der Waals surface area contributed by atoms with Crippen molar-refractivity contribution in [1.82, 2.24) is 9.97 Å². The van der Waals surface area contributed by atoms with Gasteiger partial charge in [-0.25, -0.2) is 14.4 Å². The number of nitrogens with zero attached hydrogens (tertiary/aromatic N) is 3. The van der Waals surface area contributed by atoms with Gasteiger partial charge in [-0.1, -0.05) is 12.1 Å². The molecule has 1 saturated carbocycles. The van der Waals surface area contributed by atoms with E-state index in [4.69, 9.17) is 0 Å². The fourth-order valence-electron chi connectivity index (χ4n) is 3.30. The molecule has 2 aliphatic rings. The molecule has 0 bridgehead atoms. The van der Waals surface area contributed by atoms with E-state index in [2.05, 4.69) is 26.3 Å². The molecule has 0 atom stereocenters. The van der Waals surface area contributed by atoms with Crippen LogP contribution in [0.5, 0.6) is 0 Å². The summed E-state index contributed by atoms with van der Waals surface area (Å²) < 4.78 is 13.7. The lowest BCUT2D eigenvalue weighted by Crippen LogP contribution is -2.38. The second-order valence-electron chi connectivity index (χ2n) is 6.81. The molecule has 1 aliphatic carbocycles. The van der Waals surface area contributed by atoms with Crippen LogP contribution in [0.3, 0.4) is 0 Å². The molecule has 5 nitrogen and oxygen atoms in total. The molecule has 1 aromatic heterocycles. The Balaban J connectivity index is 1.35. The highest BCUT2D eigenvalue weighted by Crippen LogP contribution is 2.39. The summed E-state index contributed by atoms with van der Waals surface area (Å²) >= 11 is 0. The number of amides is 1. The first-order valence-electron chi connectivity index (χ1n) is 8.83. The molecule has 1 saturated heterocycles. The molecule has 2 fully saturated rings. The zero-order chi connectivity index (χ0) is 17.2. The van der Waals surface area contributed by atoms with Crippen LogP contribution in [0.4, 0.5) is 15.9 Å². The summed E-state index contributed by atoms with van der Waals surface area (Å²) in [5.74, 6) is 0.948. The highest BCUT2D eigenvalue weighted by Gasteiger charge is 2.28. The summed E-state index contributed by atoms with van der Waals surface area (Å²) in [5, 5.41) is 2.71. The summed E-state index contributed by atoms with van der Waals surface area (Å²) in [5.41, 5.74) is 1.38. The van der Waals surface area contributed by atoms with Crippen LogP contribution in [0.2, 0.25) is 0 Å². The van der Waals surface area contributed by atoms with E-state index in [1.54, 1.807) is 24.5 Å². The van der Waals surface area contributed by atoms with Gasteiger partial charge in [0.05, 0.1) is 5.69 Å². The number of aromatic nitrogens is 2. The summed E-state index contributed by atoms with van der Waals surface area (Å²) in [6.07, 6.45) is 5.55. The molecule has 0 unspecified atom stereocenters. The number of piperidine rings is 1. The molecule has 1 N–H and O–H groups in total. The number of halogens is 1. The number of carbonyl (C=O) groups excluding carboxylic acids is 1. The SMILES string of the molecule is O=C(Nc1ccccc1F)C1CCN(c2cc(C3CC3)ncn2)CC1. The summed E-state index contributed by atoms with van der Waals surface area (Å²) in [6, 6.07) is 8.35. The van der Waals surface area contributed by atoms with Crippen molar-refractivity contribution in [2.75, 3.05) is 23.3 Å². The predicted octanol–water partition coefficient (Wildman–Crippen LogP) is 3.35. The van der Waals surface area contributed by atoms with Crippen molar-refractivity contribution < 1.29 is 9.18 Å². The quantitative estimate of drug-likeness (QED) is 0.927. The van der Waals surface area contributed by atoms with Crippen LogP contribution in [0.25, 0.3) is 0 Å². The van der Waals surface area contributed by atoms with Crippen LogP contribution < -0.4 is 10.2 Å². The summed E-state index contributed by atoms with van der Waals surface area (Å²) in [6.45, 7) is 1.55. The topological polar surface area (TPSA) is 58.1 Å². The van der Waals surface area contributed by atoms with Gasteiger partial charge in [-0.2, -0.15) is 0 Å². The van der Waals surface area contributed by atoms with Gasteiger partial charge in [-0.3, -0.25) is 4.79 Å². The normalized spacial score (nSPS) is 18.2. The van der Waals surface area contributed by atoms with E-state index in [0.717, 1.165) is 37.4 Å². The number of hydrogen-bond donors (Lipinski definition) is 1. The van der Waals surface area contributed by atoms with E-state index in [-0.39, 0.29) is 17.5 Å². The minimum atomic E-state index is -0.401. The van der Waals surface area contributed by atoms with Gasteiger partial charge in [0.25, 0.3) is 0 Å². The van der Waals surface area contributed by atoms with E-state index in [9.17, 15) is 9.18 Å². The molecule has 2 heterocycles. The van der Waals surface area contributed by atoms with Crippen LogP contribution in [0.15, 0.2) is 36.7 Å². The number of rotatable bonds is 4. The first-order chi connectivity index (χ1) is 12.2. The Bertz CT molecular complexity index is 770. The zero-order valence-electron chi connectivity index (χ0n) is 14.0. The van der Waals surface area contributed by atoms with Crippen LogP contribution in [-0.4, -0.2) is 29.0 Å². The maximum Gasteiger partial charge on any atom is 0.227 e. The van der Waals surface area contributed by atoms with Gasteiger partial charge in [0.1, 0.15) is 18.0 Å². The lowest BCUT2D eigenvalue weighted by Gasteiger charge is -2.32. The third-order valence-corrected chi connectivity index (χ3v) is 4.99. The number of para-hydroxylation sites is 1. The average molecular weight is 340 g/mol. The van der Waals surface area contributed by atoms with Crippen molar-refractivity contribution >= 4 is 17.4 Å². The van der Waals surface area contributed by atoms with Crippen molar-refractivity contribution in [2.24, 2.45) is 5.92 Å². The first kappa shape index (κ1) is 16.0. The predicted molar refractivity (Wildman–Crippen MR) is 94.0 cm³/mol. The molecule has 0 radical (unpaired) electrons. The Morgan fingerprint density at radius 2 is 1.88 bits per heavy atom. The monoisotopic (exact) mass is 340 g/mol. The Morgan fingerprint density at radius 3 is 2.60 bits per heavy atom. The number of benzene rings is 1. The number of anilines is 2. The van der Waals surface area contributed by atoms with E-state index in [1.165, 1.54) is 18.9 Å².